The zero-order valence-electron chi connectivity index (χ0n) is 8.04. The largest absolute Gasteiger partial charge is 0.306 e. The molecule has 0 aromatic heterocycles. The summed E-state index contributed by atoms with van der Waals surface area (Å²) in [4.78, 5) is 0. The lowest BCUT2D eigenvalue weighted by atomic mass is 10.2. The lowest BCUT2D eigenvalue weighted by molar-refractivity contribution is 0.582. The molecular weight excluding hydrogens is 194 g/mol. The van der Waals surface area contributed by atoms with E-state index in [-0.39, 0.29) is 0 Å². The van der Waals surface area contributed by atoms with Crippen LogP contribution in [0, 0.1) is 0 Å². The number of rotatable bonds is 3. The molecule has 0 saturated heterocycles. The molecule has 2 heteroatoms. The fourth-order valence-electron chi connectivity index (χ4n) is 1.65. The quantitative estimate of drug-likeness (QED) is 0.751. The van der Waals surface area contributed by atoms with Gasteiger partial charge in [-0.05, 0) is 30.5 Å². The molecule has 0 saturated carbocycles. The summed E-state index contributed by atoms with van der Waals surface area (Å²) in [6.07, 6.45) is 6.92. The maximum absolute atomic E-state index is 5.81. The maximum atomic E-state index is 5.81. The summed E-state index contributed by atoms with van der Waals surface area (Å²) < 4.78 is 0. The van der Waals surface area contributed by atoms with Gasteiger partial charge in [0, 0.05) is 17.6 Å². The summed E-state index contributed by atoms with van der Waals surface area (Å²) in [6.45, 7) is 0.923. The Morgan fingerprint density at radius 1 is 1.29 bits per heavy atom. The van der Waals surface area contributed by atoms with Gasteiger partial charge in [0.2, 0.25) is 0 Å². The van der Waals surface area contributed by atoms with Gasteiger partial charge >= 0.3 is 0 Å². The molecule has 1 aromatic carbocycles. The van der Waals surface area contributed by atoms with E-state index in [1.54, 1.807) is 0 Å². The number of allylic oxidation sites excluding steroid dienone is 1. The van der Waals surface area contributed by atoms with E-state index in [1.807, 2.05) is 12.1 Å². The average Bonchev–Trinajstić information content (AvgIpc) is 2.70. The fraction of sp³-hybridized carbons (Fsp3) is 0.333. The Morgan fingerprint density at radius 2 is 2.07 bits per heavy atom. The summed E-state index contributed by atoms with van der Waals surface area (Å²) in [6, 6.07) is 8.55. The van der Waals surface area contributed by atoms with Crippen molar-refractivity contribution in [2.75, 3.05) is 0 Å². The molecule has 0 amide bonds. The molecule has 1 atom stereocenters. The van der Waals surface area contributed by atoms with Gasteiger partial charge in [-0.2, -0.15) is 0 Å². The molecule has 0 spiro atoms. The van der Waals surface area contributed by atoms with Crippen LogP contribution in [0.25, 0.3) is 0 Å². The second kappa shape index (κ2) is 4.63. The lowest BCUT2D eigenvalue weighted by Gasteiger charge is -2.10. The first-order valence-electron chi connectivity index (χ1n) is 4.99. The van der Waals surface area contributed by atoms with Crippen molar-refractivity contribution in [3.05, 3.63) is 47.0 Å². The van der Waals surface area contributed by atoms with Crippen LogP contribution in [0.3, 0.4) is 0 Å². The van der Waals surface area contributed by atoms with E-state index >= 15 is 0 Å². The molecule has 2 rings (SSSR count). The number of hydrogen-bond acceptors (Lipinski definition) is 1. The Balaban J connectivity index is 1.85. The van der Waals surface area contributed by atoms with Crippen molar-refractivity contribution < 1.29 is 0 Å². The number of benzene rings is 1. The molecular formula is C12H14ClN. The third kappa shape index (κ3) is 2.60. The molecule has 0 aliphatic heterocycles. The van der Waals surface area contributed by atoms with E-state index in [1.165, 1.54) is 18.4 Å². The van der Waals surface area contributed by atoms with Crippen LogP contribution < -0.4 is 5.32 Å². The van der Waals surface area contributed by atoms with Gasteiger partial charge in [0.15, 0.2) is 0 Å². The van der Waals surface area contributed by atoms with E-state index in [0.717, 1.165) is 11.6 Å². The minimum atomic E-state index is 0.561. The lowest BCUT2D eigenvalue weighted by Crippen LogP contribution is -2.24. The van der Waals surface area contributed by atoms with Crippen molar-refractivity contribution in [3.8, 4) is 0 Å². The molecule has 1 unspecified atom stereocenters. The van der Waals surface area contributed by atoms with Crippen LogP contribution in [0.4, 0.5) is 0 Å². The predicted octanol–water partition coefficient (Wildman–Crippen LogP) is 3.15. The second-order valence-electron chi connectivity index (χ2n) is 3.62. The first-order chi connectivity index (χ1) is 6.84. The third-order valence-corrected chi connectivity index (χ3v) is 2.75. The molecule has 1 aliphatic carbocycles. The van der Waals surface area contributed by atoms with Gasteiger partial charge in [-0.3, -0.25) is 0 Å². The van der Waals surface area contributed by atoms with Gasteiger partial charge in [0.25, 0.3) is 0 Å². The van der Waals surface area contributed by atoms with Gasteiger partial charge in [-0.1, -0.05) is 35.9 Å². The maximum Gasteiger partial charge on any atom is 0.0406 e. The molecule has 1 nitrogen and oxygen atoms in total. The van der Waals surface area contributed by atoms with Crippen molar-refractivity contribution in [2.45, 2.75) is 25.4 Å². The van der Waals surface area contributed by atoms with Gasteiger partial charge in [0.1, 0.15) is 0 Å². The van der Waals surface area contributed by atoms with E-state index in [9.17, 15) is 0 Å². The third-order valence-electron chi connectivity index (χ3n) is 2.49. The Bertz CT molecular complexity index is 316. The standard InChI is InChI=1S/C12H14ClN/c13-11-7-5-10(6-8-11)9-14-12-3-1-2-4-12/h1,3,5-8,12,14H,2,4,9H2. The van der Waals surface area contributed by atoms with Crippen LogP contribution in [-0.4, -0.2) is 6.04 Å². The van der Waals surface area contributed by atoms with Gasteiger partial charge < -0.3 is 5.32 Å². The summed E-state index contributed by atoms with van der Waals surface area (Å²) in [7, 11) is 0. The van der Waals surface area contributed by atoms with Crippen LogP contribution in [0.15, 0.2) is 36.4 Å². The van der Waals surface area contributed by atoms with E-state index in [0.29, 0.717) is 6.04 Å². The number of nitrogens with one attached hydrogen (secondary N) is 1. The zero-order valence-corrected chi connectivity index (χ0v) is 8.80. The van der Waals surface area contributed by atoms with Crippen LogP contribution in [0.2, 0.25) is 5.02 Å². The molecule has 74 valence electrons. The highest BCUT2D eigenvalue weighted by Crippen LogP contribution is 2.12. The SMILES string of the molecule is Clc1ccc(CNC2C=CCC2)cc1. The summed E-state index contributed by atoms with van der Waals surface area (Å²) >= 11 is 5.81. The topological polar surface area (TPSA) is 12.0 Å². The minimum Gasteiger partial charge on any atom is -0.306 e. The number of halogens is 1. The molecule has 0 heterocycles. The van der Waals surface area contributed by atoms with Crippen LogP contribution >= 0.6 is 11.6 Å². The van der Waals surface area contributed by atoms with Crippen molar-refractivity contribution in [1.82, 2.24) is 5.32 Å². The highest BCUT2D eigenvalue weighted by Gasteiger charge is 2.07. The Labute approximate surface area is 89.8 Å². The molecule has 14 heavy (non-hydrogen) atoms. The summed E-state index contributed by atoms with van der Waals surface area (Å²) in [5, 5.41) is 4.29. The Morgan fingerprint density at radius 3 is 2.71 bits per heavy atom. The minimum absolute atomic E-state index is 0.561. The van der Waals surface area contributed by atoms with Gasteiger partial charge in [-0.15, -0.1) is 0 Å². The van der Waals surface area contributed by atoms with E-state index in [4.69, 9.17) is 11.6 Å². The van der Waals surface area contributed by atoms with Gasteiger partial charge in [0.05, 0.1) is 0 Å². The molecule has 1 N–H and O–H groups in total. The van der Waals surface area contributed by atoms with E-state index in [2.05, 4.69) is 29.6 Å². The van der Waals surface area contributed by atoms with E-state index < -0.39 is 0 Å². The van der Waals surface area contributed by atoms with Crippen LogP contribution in [-0.2, 0) is 6.54 Å². The Hall–Kier alpha value is -0.790. The smallest absolute Gasteiger partial charge is 0.0406 e. The first kappa shape index (κ1) is 9.75. The zero-order chi connectivity index (χ0) is 9.80. The van der Waals surface area contributed by atoms with Gasteiger partial charge in [-0.25, -0.2) is 0 Å². The van der Waals surface area contributed by atoms with Crippen molar-refractivity contribution in [3.63, 3.8) is 0 Å². The second-order valence-corrected chi connectivity index (χ2v) is 4.06. The van der Waals surface area contributed by atoms with Crippen molar-refractivity contribution in [2.24, 2.45) is 0 Å². The van der Waals surface area contributed by atoms with Crippen molar-refractivity contribution >= 4 is 11.6 Å². The molecule has 0 bridgehead atoms. The molecule has 0 fully saturated rings. The monoisotopic (exact) mass is 207 g/mol. The average molecular weight is 208 g/mol. The van der Waals surface area contributed by atoms with Crippen molar-refractivity contribution in [1.29, 1.82) is 0 Å². The molecule has 1 aliphatic rings. The fourth-order valence-corrected chi connectivity index (χ4v) is 1.78. The van der Waals surface area contributed by atoms with Crippen LogP contribution in [0.5, 0.6) is 0 Å². The molecule has 1 aromatic rings. The van der Waals surface area contributed by atoms with Crippen LogP contribution in [0.1, 0.15) is 18.4 Å². The first-order valence-corrected chi connectivity index (χ1v) is 5.37. The highest BCUT2D eigenvalue weighted by atomic mass is 35.5. The summed E-state index contributed by atoms with van der Waals surface area (Å²) in [5.74, 6) is 0. The predicted molar refractivity (Wildman–Crippen MR) is 60.5 cm³/mol. The molecule has 0 radical (unpaired) electrons. The Kier molecular flexibility index (Phi) is 3.22. The normalized spacial score (nSPS) is 20.2. The highest BCUT2D eigenvalue weighted by molar-refractivity contribution is 6.30. The summed E-state index contributed by atoms with van der Waals surface area (Å²) in [5.41, 5.74) is 1.29. The number of hydrogen-bond donors (Lipinski definition) is 1.